The van der Waals surface area contributed by atoms with Gasteiger partial charge in [0.2, 0.25) is 0 Å². The summed E-state index contributed by atoms with van der Waals surface area (Å²) in [5.41, 5.74) is 1.14. The van der Waals surface area contributed by atoms with Crippen LogP contribution in [0, 0.1) is 12.7 Å². The molecule has 2 aromatic heterocycles. The number of rotatable bonds is 3. The Morgan fingerprint density at radius 2 is 2.08 bits per heavy atom. The fraction of sp³-hybridized carbons (Fsp3) is 0.333. The van der Waals surface area contributed by atoms with Gasteiger partial charge in [0, 0.05) is 24.6 Å². The van der Waals surface area contributed by atoms with E-state index in [1.165, 1.54) is 18.3 Å². The Labute approximate surface area is 148 Å². The number of piperidine rings is 1. The minimum absolute atomic E-state index is 0.00850. The van der Waals surface area contributed by atoms with Gasteiger partial charge in [-0.3, -0.25) is 4.79 Å². The summed E-state index contributed by atoms with van der Waals surface area (Å²) in [7, 11) is 0. The molecule has 3 heterocycles. The first-order chi connectivity index (χ1) is 12.6. The summed E-state index contributed by atoms with van der Waals surface area (Å²) in [5.74, 6) is 0.984. The van der Waals surface area contributed by atoms with E-state index in [9.17, 15) is 9.18 Å². The van der Waals surface area contributed by atoms with Crippen molar-refractivity contribution < 1.29 is 18.2 Å². The maximum absolute atomic E-state index is 13.0. The first-order valence-electron chi connectivity index (χ1n) is 8.42. The van der Waals surface area contributed by atoms with Gasteiger partial charge in [-0.15, -0.1) is 0 Å². The number of hydrogen-bond donors (Lipinski definition) is 0. The summed E-state index contributed by atoms with van der Waals surface area (Å²) in [6.07, 6.45) is 3.16. The Morgan fingerprint density at radius 3 is 2.81 bits per heavy atom. The molecule has 134 valence electrons. The molecule has 1 aromatic carbocycles. The maximum Gasteiger partial charge on any atom is 0.259 e. The van der Waals surface area contributed by atoms with Crippen molar-refractivity contribution in [1.29, 1.82) is 0 Å². The molecule has 4 rings (SSSR count). The number of hydrogen-bond acceptors (Lipinski definition) is 6. The maximum atomic E-state index is 13.0. The molecular formula is C18H17FN4O3. The van der Waals surface area contributed by atoms with Gasteiger partial charge in [0.25, 0.3) is 11.8 Å². The molecule has 0 N–H and O–H groups in total. The van der Waals surface area contributed by atoms with Crippen molar-refractivity contribution in [2.24, 2.45) is 0 Å². The zero-order chi connectivity index (χ0) is 18.1. The quantitative estimate of drug-likeness (QED) is 0.716. The number of aromatic nitrogens is 3. The van der Waals surface area contributed by atoms with Crippen LogP contribution in [0.4, 0.5) is 4.39 Å². The smallest absolute Gasteiger partial charge is 0.259 e. The Bertz CT molecular complexity index is 919. The van der Waals surface area contributed by atoms with Gasteiger partial charge in [-0.25, -0.2) is 4.39 Å². The third-order valence-corrected chi connectivity index (χ3v) is 4.59. The third-order valence-electron chi connectivity index (χ3n) is 4.59. The monoisotopic (exact) mass is 356 g/mol. The largest absolute Gasteiger partial charge is 0.361 e. The van der Waals surface area contributed by atoms with Gasteiger partial charge in [0.05, 0.1) is 6.20 Å². The number of carbonyl (C=O) groups is 1. The molecule has 1 saturated heterocycles. The van der Waals surface area contributed by atoms with Crippen LogP contribution >= 0.6 is 0 Å². The van der Waals surface area contributed by atoms with Crippen LogP contribution in [0.25, 0.3) is 11.5 Å². The first-order valence-corrected chi connectivity index (χ1v) is 8.42. The van der Waals surface area contributed by atoms with Gasteiger partial charge in [0.15, 0.2) is 5.82 Å². The van der Waals surface area contributed by atoms with E-state index in [-0.39, 0.29) is 17.6 Å². The lowest BCUT2D eigenvalue weighted by Gasteiger charge is -2.31. The van der Waals surface area contributed by atoms with Crippen molar-refractivity contribution in [2.45, 2.75) is 25.7 Å². The molecule has 1 aliphatic heterocycles. The predicted octanol–water partition coefficient (Wildman–Crippen LogP) is 3.19. The van der Waals surface area contributed by atoms with Crippen molar-refractivity contribution in [2.75, 3.05) is 13.1 Å². The highest BCUT2D eigenvalue weighted by molar-refractivity contribution is 5.94. The van der Waals surface area contributed by atoms with Crippen LogP contribution in [0.2, 0.25) is 0 Å². The fourth-order valence-electron chi connectivity index (χ4n) is 3.16. The highest BCUT2D eigenvalue weighted by Crippen LogP contribution is 2.28. The minimum atomic E-state index is -0.320. The number of aryl methyl sites for hydroxylation is 1. The fourth-order valence-corrected chi connectivity index (χ4v) is 3.16. The van der Waals surface area contributed by atoms with Gasteiger partial charge in [0.1, 0.15) is 17.1 Å². The van der Waals surface area contributed by atoms with Gasteiger partial charge >= 0.3 is 0 Å². The molecule has 1 unspecified atom stereocenters. The summed E-state index contributed by atoms with van der Waals surface area (Å²) in [4.78, 5) is 18.8. The zero-order valence-corrected chi connectivity index (χ0v) is 14.2. The average molecular weight is 356 g/mol. The van der Waals surface area contributed by atoms with Crippen molar-refractivity contribution >= 4 is 5.91 Å². The lowest BCUT2D eigenvalue weighted by atomic mass is 9.97. The second kappa shape index (κ2) is 6.70. The SMILES string of the molecule is Cc1oncc1C(=O)N1CCCC(c2noc(-c3ccc(F)cc3)n2)C1. The zero-order valence-electron chi connectivity index (χ0n) is 14.2. The number of nitrogens with zero attached hydrogens (tertiary/aromatic N) is 4. The molecule has 0 spiro atoms. The topological polar surface area (TPSA) is 85.3 Å². The van der Waals surface area contributed by atoms with Gasteiger partial charge in [-0.2, -0.15) is 4.98 Å². The van der Waals surface area contributed by atoms with Crippen molar-refractivity contribution in [3.05, 3.63) is 53.4 Å². The highest BCUT2D eigenvalue weighted by Gasteiger charge is 2.30. The number of carbonyl (C=O) groups excluding carboxylic acids is 1. The van der Waals surface area contributed by atoms with Crippen molar-refractivity contribution in [3.63, 3.8) is 0 Å². The molecule has 1 amide bonds. The molecule has 0 bridgehead atoms. The standard InChI is InChI=1S/C18H17FN4O3/c1-11-15(9-20-25-11)18(24)23-8-2-3-13(10-23)16-21-17(26-22-16)12-4-6-14(19)7-5-12/h4-7,9,13H,2-3,8,10H2,1H3. The van der Waals surface area contributed by atoms with Crippen LogP contribution in [0.15, 0.2) is 39.5 Å². The summed E-state index contributed by atoms with van der Waals surface area (Å²) >= 11 is 0. The van der Waals surface area contributed by atoms with Crippen LogP contribution in [-0.2, 0) is 0 Å². The molecule has 0 aliphatic carbocycles. The van der Waals surface area contributed by atoms with E-state index in [1.54, 1.807) is 24.0 Å². The second-order valence-electron chi connectivity index (χ2n) is 6.35. The van der Waals surface area contributed by atoms with Crippen molar-refractivity contribution in [1.82, 2.24) is 20.2 Å². The van der Waals surface area contributed by atoms with E-state index in [4.69, 9.17) is 9.05 Å². The molecule has 1 atom stereocenters. The molecule has 7 nitrogen and oxygen atoms in total. The van der Waals surface area contributed by atoms with Gasteiger partial charge in [-0.1, -0.05) is 10.3 Å². The molecule has 8 heteroatoms. The van der Waals surface area contributed by atoms with E-state index in [2.05, 4.69) is 15.3 Å². The van der Waals surface area contributed by atoms with Crippen LogP contribution in [0.3, 0.4) is 0 Å². The highest BCUT2D eigenvalue weighted by atomic mass is 19.1. The normalized spacial score (nSPS) is 17.5. The Morgan fingerprint density at radius 1 is 1.27 bits per heavy atom. The summed E-state index contributed by atoms with van der Waals surface area (Å²) in [6.45, 7) is 2.89. The number of likely N-dealkylation sites (tertiary alicyclic amines) is 1. The first kappa shape index (κ1) is 16.4. The molecule has 0 saturated carbocycles. The molecular weight excluding hydrogens is 339 g/mol. The molecule has 26 heavy (non-hydrogen) atoms. The van der Waals surface area contributed by atoms with Crippen molar-refractivity contribution in [3.8, 4) is 11.5 Å². The van der Waals surface area contributed by atoms with E-state index in [1.807, 2.05) is 0 Å². The number of halogens is 1. The predicted molar refractivity (Wildman–Crippen MR) is 88.8 cm³/mol. The number of benzene rings is 1. The van der Waals surface area contributed by atoms with E-state index >= 15 is 0 Å². The van der Waals surface area contributed by atoms with Crippen LogP contribution in [0.5, 0.6) is 0 Å². The lowest BCUT2D eigenvalue weighted by Crippen LogP contribution is -2.39. The minimum Gasteiger partial charge on any atom is -0.361 e. The summed E-state index contributed by atoms with van der Waals surface area (Å²) < 4.78 is 23.4. The van der Waals surface area contributed by atoms with E-state index in [0.717, 1.165) is 12.8 Å². The van der Waals surface area contributed by atoms with Gasteiger partial charge < -0.3 is 13.9 Å². The summed E-state index contributed by atoms with van der Waals surface area (Å²) in [6, 6.07) is 5.89. The molecule has 0 radical (unpaired) electrons. The van der Waals surface area contributed by atoms with Crippen LogP contribution in [-0.4, -0.2) is 39.2 Å². The van der Waals surface area contributed by atoms with E-state index < -0.39 is 0 Å². The number of amides is 1. The second-order valence-corrected chi connectivity index (χ2v) is 6.35. The van der Waals surface area contributed by atoms with Crippen LogP contribution < -0.4 is 0 Å². The Kier molecular flexibility index (Phi) is 4.24. The third kappa shape index (κ3) is 3.10. The van der Waals surface area contributed by atoms with E-state index in [0.29, 0.717) is 41.7 Å². The Hall–Kier alpha value is -3.03. The Balaban J connectivity index is 1.51. The van der Waals surface area contributed by atoms with Gasteiger partial charge in [-0.05, 0) is 44.0 Å². The summed E-state index contributed by atoms with van der Waals surface area (Å²) in [5, 5.41) is 7.73. The molecule has 3 aromatic rings. The molecule has 1 fully saturated rings. The lowest BCUT2D eigenvalue weighted by molar-refractivity contribution is 0.0702. The average Bonchev–Trinajstić information content (AvgIpc) is 3.31. The molecule has 1 aliphatic rings. The van der Waals surface area contributed by atoms with Crippen LogP contribution in [0.1, 0.15) is 40.7 Å².